The maximum absolute atomic E-state index is 11.7. The summed E-state index contributed by atoms with van der Waals surface area (Å²) in [4.78, 5) is 11.7. The van der Waals surface area contributed by atoms with Crippen LogP contribution in [-0.2, 0) is 4.79 Å². The topological polar surface area (TPSA) is 81.3 Å². The lowest BCUT2D eigenvalue weighted by atomic mass is 9.54. The van der Waals surface area contributed by atoms with Crippen LogP contribution >= 0.6 is 0 Å². The van der Waals surface area contributed by atoms with E-state index in [0.29, 0.717) is 25.2 Å². The number of aliphatic hydroxyl groups is 2. The number of hydrogen-bond donors (Lipinski definition) is 2. The second-order valence-corrected chi connectivity index (χ2v) is 8.36. The second-order valence-electron chi connectivity index (χ2n) is 8.36. The molecule has 4 heteroatoms. The quantitative estimate of drug-likeness (QED) is 0.776. The van der Waals surface area contributed by atoms with E-state index in [9.17, 15) is 15.0 Å². The first-order valence-corrected chi connectivity index (χ1v) is 9.14. The van der Waals surface area contributed by atoms with Crippen molar-refractivity contribution in [1.29, 1.82) is 5.26 Å². The van der Waals surface area contributed by atoms with Gasteiger partial charge in [0.15, 0.2) is 5.78 Å². The van der Waals surface area contributed by atoms with E-state index in [4.69, 9.17) is 5.26 Å². The van der Waals surface area contributed by atoms with Gasteiger partial charge in [-0.25, -0.2) is 0 Å². The Labute approximate surface area is 142 Å². The number of carbonyl (C=O) groups is 1. The van der Waals surface area contributed by atoms with Gasteiger partial charge >= 0.3 is 0 Å². The van der Waals surface area contributed by atoms with E-state index in [1.807, 2.05) is 0 Å². The van der Waals surface area contributed by atoms with Crippen molar-refractivity contribution in [1.82, 2.24) is 0 Å². The molecule has 128 valence electrons. The first-order chi connectivity index (χ1) is 11.4. The van der Waals surface area contributed by atoms with Crippen LogP contribution in [-0.4, -0.2) is 27.7 Å². The second kappa shape index (κ2) is 5.28. The highest BCUT2D eigenvalue weighted by atomic mass is 16.3. The first kappa shape index (κ1) is 16.1. The van der Waals surface area contributed by atoms with Gasteiger partial charge in [0, 0.05) is 11.8 Å². The van der Waals surface area contributed by atoms with E-state index in [-0.39, 0.29) is 18.1 Å². The molecule has 0 radical (unpaired) electrons. The third-order valence-electron chi connectivity index (χ3n) is 7.40. The van der Waals surface area contributed by atoms with Crippen LogP contribution in [0.1, 0.15) is 58.3 Å². The molecule has 24 heavy (non-hydrogen) atoms. The van der Waals surface area contributed by atoms with E-state index in [0.717, 1.165) is 36.8 Å². The summed E-state index contributed by atoms with van der Waals surface area (Å²) in [6.45, 7) is 2.07. The summed E-state index contributed by atoms with van der Waals surface area (Å²) in [7, 11) is 0. The lowest BCUT2D eigenvalue weighted by molar-refractivity contribution is -0.115. The van der Waals surface area contributed by atoms with E-state index in [1.165, 1.54) is 5.57 Å². The number of allylic oxidation sites excluding steroid dienone is 3. The molecule has 4 aliphatic carbocycles. The van der Waals surface area contributed by atoms with Gasteiger partial charge < -0.3 is 10.2 Å². The Morgan fingerprint density at radius 2 is 2.12 bits per heavy atom. The van der Waals surface area contributed by atoms with Gasteiger partial charge in [-0.05, 0) is 73.2 Å². The molecule has 4 nitrogen and oxygen atoms in total. The average molecular weight is 327 g/mol. The third kappa shape index (κ3) is 2.01. The zero-order valence-electron chi connectivity index (χ0n) is 14.2. The summed E-state index contributed by atoms with van der Waals surface area (Å²) in [5, 5.41) is 31.2. The standard InChI is InChI=1S/C20H25NO3/c1-19-11-17(23)18-14-5-3-13(22)10-12(14)2-4-15(18)16(19)6-7-20(19,24)8-9-21/h10,15-17,23-24H,2-8,11H2,1H3/t15-,16+,17-,19-,20+/m0/s1. The van der Waals surface area contributed by atoms with Crippen LogP contribution in [0.2, 0.25) is 0 Å². The van der Waals surface area contributed by atoms with Crippen molar-refractivity contribution in [2.24, 2.45) is 17.3 Å². The molecule has 0 heterocycles. The number of nitriles is 1. The third-order valence-corrected chi connectivity index (χ3v) is 7.40. The molecular weight excluding hydrogens is 302 g/mol. The molecule has 2 fully saturated rings. The lowest BCUT2D eigenvalue weighted by Crippen LogP contribution is -2.53. The molecular formula is C20H25NO3. The van der Waals surface area contributed by atoms with Crippen molar-refractivity contribution in [3.8, 4) is 6.07 Å². The summed E-state index contributed by atoms with van der Waals surface area (Å²) in [6.07, 6.45) is 6.58. The summed E-state index contributed by atoms with van der Waals surface area (Å²) < 4.78 is 0. The van der Waals surface area contributed by atoms with Gasteiger partial charge in [0.1, 0.15) is 0 Å². The maximum atomic E-state index is 11.7. The fourth-order valence-corrected chi connectivity index (χ4v) is 6.13. The van der Waals surface area contributed by atoms with Gasteiger partial charge in [-0.1, -0.05) is 6.92 Å². The summed E-state index contributed by atoms with van der Waals surface area (Å²) in [5.74, 6) is 0.806. The highest BCUT2D eigenvalue weighted by Gasteiger charge is 2.62. The van der Waals surface area contributed by atoms with Crippen LogP contribution in [0.4, 0.5) is 0 Å². The van der Waals surface area contributed by atoms with Gasteiger partial charge in [0.2, 0.25) is 0 Å². The van der Waals surface area contributed by atoms with Crippen molar-refractivity contribution in [2.45, 2.75) is 70.0 Å². The SMILES string of the molecule is C[C@]12C[C@H](O)C3=C4CCC(=O)C=C4CC[C@H]3[C@H]1CC[C@@]2(O)CC#N. The Bertz CT molecular complexity index is 700. The van der Waals surface area contributed by atoms with E-state index < -0.39 is 17.1 Å². The molecule has 0 saturated heterocycles. The lowest BCUT2D eigenvalue weighted by Gasteiger charge is -2.53. The number of hydrogen-bond acceptors (Lipinski definition) is 4. The molecule has 0 unspecified atom stereocenters. The molecule has 4 rings (SSSR count). The summed E-state index contributed by atoms with van der Waals surface area (Å²) >= 11 is 0. The Morgan fingerprint density at radius 3 is 2.88 bits per heavy atom. The average Bonchev–Trinajstić information content (AvgIpc) is 2.78. The molecule has 0 aliphatic heterocycles. The molecule has 0 amide bonds. The molecule has 2 saturated carbocycles. The van der Waals surface area contributed by atoms with Crippen molar-refractivity contribution >= 4 is 5.78 Å². The summed E-state index contributed by atoms with van der Waals surface area (Å²) in [5.41, 5.74) is 2.11. The molecule has 0 spiro atoms. The number of carbonyl (C=O) groups excluding carboxylic acids is 1. The minimum Gasteiger partial charge on any atom is -0.389 e. The van der Waals surface area contributed by atoms with Crippen molar-refractivity contribution in [3.63, 3.8) is 0 Å². The highest BCUT2D eigenvalue weighted by molar-refractivity contribution is 5.93. The minimum absolute atomic E-state index is 0.144. The van der Waals surface area contributed by atoms with Gasteiger partial charge in [0.25, 0.3) is 0 Å². The molecule has 0 aromatic heterocycles. The monoisotopic (exact) mass is 327 g/mol. The van der Waals surface area contributed by atoms with Crippen molar-refractivity contribution in [2.75, 3.05) is 0 Å². The highest BCUT2D eigenvalue weighted by Crippen LogP contribution is 2.64. The Hall–Kier alpha value is -1.44. The van der Waals surface area contributed by atoms with Gasteiger partial charge in [-0.2, -0.15) is 5.26 Å². The Balaban J connectivity index is 1.77. The normalized spacial score (nSPS) is 44.3. The van der Waals surface area contributed by atoms with E-state index >= 15 is 0 Å². The number of aliphatic hydroxyl groups excluding tert-OH is 1. The largest absolute Gasteiger partial charge is 0.389 e. The summed E-state index contributed by atoms with van der Waals surface area (Å²) in [6, 6.07) is 2.16. The molecule has 5 atom stereocenters. The molecule has 0 aromatic rings. The molecule has 0 aromatic carbocycles. The number of rotatable bonds is 1. The predicted octanol–water partition coefficient (Wildman–Crippen LogP) is 2.81. The minimum atomic E-state index is -0.984. The van der Waals surface area contributed by atoms with Crippen molar-refractivity contribution in [3.05, 3.63) is 22.8 Å². The van der Waals surface area contributed by atoms with Crippen LogP contribution in [0, 0.1) is 28.6 Å². The number of ketones is 1. The van der Waals surface area contributed by atoms with Crippen LogP contribution in [0.3, 0.4) is 0 Å². The molecule has 0 bridgehead atoms. The fourth-order valence-electron chi connectivity index (χ4n) is 6.13. The molecule has 4 aliphatic rings. The number of fused-ring (bicyclic) bond motifs is 4. The fraction of sp³-hybridized carbons (Fsp3) is 0.700. The van der Waals surface area contributed by atoms with Crippen molar-refractivity contribution < 1.29 is 15.0 Å². The Morgan fingerprint density at radius 1 is 1.33 bits per heavy atom. The predicted molar refractivity (Wildman–Crippen MR) is 88.7 cm³/mol. The van der Waals surface area contributed by atoms with Crippen LogP contribution in [0.25, 0.3) is 0 Å². The zero-order chi connectivity index (χ0) is 17.1. The smallest absolute Gasteiger partial charge is 0.156 e. The molecule has 2 N–H and O–H groups in total. The van der Waals surface area contributed by atoms with E-state index in [2.05, 4.69) is 13.0 Å². The van der Waals surface area contributed by atoms with Gasteiger partial charge in [0.05, 0.1) is 24.2 Å². The number of nitrogens with zero attached hydrogens (tertiary/aromatic N) is 1. The van der Waals surface area contributed by atoms with Crippen LogP contribution in [0.15, 0.2) is 22.8 Å². The van der Waals surface area contributed by atoms with Gasteiger partial charge in [-0.3, -0.25) is 4.79 Å². The maximum Gasteiger partial charge on any atom is 0.156 e. The van der Waals surface area contributed by atoms with Crippen LogP contribution in [0.5, 0.6) is 0 Å². The first-order valence-electron chi connectivity index (χ1n) is 9.14. The van der Waals surface area contributed by atoms with E-state index in [1.54, 1.807) is 6.08 Å². The zero-order valence-corrected chi connectivity index (χ0v) is 14.2. The Kier molecular flexibility index (Phi) is 3.53. The van der Waals surface area contributed by atoms with Gasteiger partial charge in [-0.15, -0.1) is 0 Å². The van der Waals surface area contributed by atoms with Crippen LogP contribution < -0.4 is 0 Å².